The lowest BCUT2D eigenvalue weighted by Gasteiger charge is -2.11. The fourth-order valence-corrected chi connectivity index (χ4v) is 2.49. The highest BCUT2D eigenvalue weighted by Crippen LogP contribution is 2.29. The molecule has 0 atom stereocenters. The predicted octanol–water partition coefficient (Wildman–Crippen LogP) is 2.12. The Kier molecular flexibility index (Phi) is 4.43. The number of nitrogens with zero attached hydrogens (tertiary/aromatic N) is 3. The fraction of sp³-hybridized carbons (Fsp3) is 0.235. The molecule has 0 spiro atoms. The Morgan fingerprint density at radius 1 is 1.33 bits per heavy atom. The third-order valence-electron chi connectivity index (χ3n) is 3.68. The van der Waals surface area contributed by atoms with Crippen LogP contribution in [0.1, 0.15) is 10.4 Å². The summed E-state index contributed by atoms with van der Waals surface area (Å²) in [5.41, 5.74) is 1.69. The number of aldehydes is 1. The summed E-state index contributed by atoms with van der Waals surface area (Å²) in [5.74, 6) is 1.26. The molecule has 3 rings (SSSR count). The van der Waals surface area contributed by atoms with E-state index in [-0.39, 0.29) is 5.75 Å². The maximum absolute atomic E-state index is 11.5. The number of carbonyl (C=O) groups is 1. The smallest absolute Gasteiger partial charge is 0.178 e. The van der Waals surface area contributed by atoms with E-state index in [1.165, 1.54) is 0 Å². The van der Waals surface area contributed by atoms with Crippen LogP contribution in [0.5, 0.6) is 5.75 Å². The maximum Gasteiger partial charge on any atom is 0.178 e. The van der Waals surface area contributed by atoms with Gasteiger partial charge in [-0.2, -0.15) is 0 Å². The molecule has 124 valence electrons. The number of likely N-dealkylation sites (N-methyl/N-ethyl adjacent to an activating group) is 1. The Bertz CT molecular complexity index is 873. The second-order valence-electron chi connectivity index (χ2n) is 5.76. The highest BCUT2D eigenvalue weighted by molar-refractivity contribution is 6.04. The molecule has 0 fully saturated rings. The van der Waals surface area contributed by atoms with Crippen molar-refractivity contribution in [3.8, 4) is 17.3 Å². The topological polar surface area (TPSA) is 94.1 Å². The molecule has 7 nitrogen and oxygen atoms in total. The first-order chi connectivity index (χ1) is 11.6. The molecule has 0 aliphatic heterocycles. The first-order valence-corrected chi connectivity index (χ1v) is 7.60. The summed E-state index contributed by atoms with van der Waals surface area (Å²) >= 11 is 0. The molecule has 0 saturated heterocycles. The van der Waals surface area contributed by atoms with Crippen LogP contribution in [0, 0.1) is 0 Å². The maximum atomic E-state index is 11.5. The summed E-state index contributed by atoms with van der Waals surface area (Å²) in [6, 6.07) is 6.61. The molecule has 0 amide bonds. The van der Waals surface area contributed by atoms with E-state index in [9.17, 15) is 9.90 Å². The van der Waals surface area contributed by atoms with Crippen molar-refractivity contribution < 1.29 is 9.90 Å². The largest absolute Gasteiger partial charge is 0.508 e. The van der Waals surface area contributed by atoms with Crippen LogP contribution < -0.4 is 5.32 Å². The number of nitrogens with one attached hydrogen (secondary N) is 2. The summed E-state index contributed by atoms with van der Waals surface area (Å²) < 4.78 is 0. The van der Waals surface area contributed by atoms with Crippen molar-refractivity contribution in [1.29, 1.82) is 0 Å². The van der Waals surface area contributed by atoms with Crippen LogP contribution >= 0.6 is 0 Å². The highest BCUT2D eigenvalue weighted by atomic mass is 16.3. The Hall–Kier alpha value is -2.93. The minimum Gasteiger partial charge on any atom is -0.508 e. The van der Waals surface area contributed by atoms with Gasteiger partial charge in [0.1, 0.15) is 11.6 Å². The number of phenolic OH excluding ortho intramolecular Hbond substituents is 1. The zero-order chi connectivity index (χ0) is 17.1. The van der Waals surface area contributed by atoms with Gasteiger partial charge in [-0.25, -0.2) is 9.97 Å². The lowest BCUT2D eigenvalue weighted by molar-refractivity contribution is 0.112. The van der Waals surface area contributed by atoms with Gasteiger partial charge in [-0.3, -0.25) is 4.79 Å². The van der Waals surface area contributed by atoms with Crippen molar-refractivity contribution in [2.45, 2.75) is 0 Å². The number of hydrogen-bond acceptors (Lipinski definition) is 6. The molecule has 0 aliphatic rings. The number of H-pyrrole nitrogens is 1. The van der Waals surface area contributed by atoms with E-state index >= 15 is 0 Å². The SMILES string of the molecule is CN(C)CCNc1ccnc(-c2[nH]c3cc(O)ccc3c2C=O)n1. The van der Waals surface area contributed by atoms with Gasteiger partial charge in [0.2, 0.25) is 0 Å². The first kappa shape index (κ1) is 15.9. The molecule has 0 aliphatic carbocycles. The van der Waals surface area contributed by atoms with Gasteiger partial charge in [0.05, 0.1) is 16.8 Å². The average Bonchev–Trinajstić information content (AvgIpc) is 2.92. The Morgan fingerprint density at radius 2 is 2.17 bits per heavy atom. The zero-order valence-corrected chi connectivity index (χ0v) is 13.6. The van der Waals surface area contributed by atoms with Crippen molar-refractivity contribution in [3.05, 3.63) is 36.0 Å². The van der Waals surface area contributed by atoms with E-state index < -0.39 is 0 Å². The number of carbonyl (C=O) groups excluding carboxylic acids is 1. The summed E-state index contributed by atoms with van der Waals surface area (Å²) in [4.78, 5) is 25.5. The van der Waals surface area contributed by atoms with Gasteiger partial charge >= 0.3 is 0 Å². The number of benzene rings is 1. The molecule has 2 aromatic heterocycles. The normalized spacial score (nSPS) is 11.1. The predicted molar refractivity (Wildman–Crippen MR) is 93.4 cm³/mol. The van der Waals surface area contributed by atoms with Gasteiger partial charge in [0, 0.05) is 30.7 Å². The van der Waals surface area contributed by atoms with Crippen LogP contribution in [0.2, 0.25) is 0 Å². The van der Waals surface area contributed by atoms with E-state index in [1.807, 2.05) is 14.1 Å². The Balaban J connectivity index is 1.96. The van der Waals surface area contributed by atoms with Gasteiger partial charge in [0.15, 0.2) is 12.1 Å². The van der Waals surface area contributed by atoms with Gasteiger partial charge in [-0.05, 0) is 32.3 Å². The molecule has 7 heteroatoms. The summed E-state index contributed by atoms with van der Waals surface area (Å²) in [7, 11) is 4.01. The highest BCUT2D eigenvalue weighted by Gasteiger charge is 2.15. The van der Waals surface area contributed by atoms with E-state index in [2.05, 4.69) is 25.2 Å². The fourth-order valence-electron chi connectivity index (χ4n) is 2.49. The number of phenols is 1. The van der Waals surface area contributed by atoms with Crippen LogP contribution in [0.25, 0.3) is 22.4 Å². The van der Waals surface area contributed by atoms with Crippen LogP contribution in [0.4, 0.5) is 5.82 Å². The van der Waals surface area contributed by atoms with Gasteiger partial charge in [-0.15, -0.1) is 0 Å². The lowest BCUT2D eigenvalue weighted by Crippen LogP contribution is -2.21. The number of rotatable bonds is 6. The van der Waals surface area contributed by atoms with Crippen LogP contribution in [-0.2, 0) is 0 Å². The quantitative estimate of drug-likeness (QED) is 0.601. The number of hydrogen-bond donors (Lipinski definition) is 3. The molecule has 0 bridgehead atoms. The molecule has 0 unspecified atom stereocenters. The van der Waals surface area contributed by atoms with E-state index in [1.54, 1.807) is 30.5 Å². The number of aromatic amines is 1. The first-order valence-electron chi connectivity index (χ1n) is 7.60. The van der Waals surface area contributed by atoms with E-state index in [0.29, 0.717) is 28.4 Å². The standard InChI is InChI=1S/C17H19N5O2/c1-22(2)8-7-18-15-5-6-19-17(21-15)16-13(10-23)12-4-3-11(24)9-14(12)20-16/h3-6,9-10,20,24H,7-8H2,1-2H3,(H,18,19,21). The van der Waals surface area contributed by atoms with Crippen molar-refractivity contribution in [2.75, 3.05) is 32.5 Å². The molecular weight excluding hydrogens is 306 g/mol. The minimum absolute atomic E-state index is 0.132. The van der Waals surface area contributed by atoms with Crippen LogP contribution in [0.3, 0.4) is 0 Å². The van der Waals surface area contributed by atoms with Gasteiger partial charge in [0.25, 0.3) is 0 Å². The molecule has 3 N–H and O–H groups in total. The number of anilines is 1. The van der Waals surface area contributed by atoms with Crippen molar-refractivity contribution in [3.63, 3.8) is 0 Å². The zero-order valence-electron chi connectivity index (χ0n) is 13.6. The van der Waals surface area contributed by atoms with Crippen LogP contribution in [-0.4, -0.2) is 58.4 Å². The molecule has 1 aromatic carbocycles. The molecule has 3 aromatic rings. The molecule has 0 saturated carbocycles. The molecule has 0 radical (unpaired) electrons. The lowest BCUT2D eigenvalue weighted by atomic mass is 10.1. The Labute approximate surface area is 139 Å². The van der Waals surface area contributed by atoms with E-state index in [4.69, 9.17) is 0 Å². The third-order valence-corrected chi connectivity index (χ3v) is 3.68. The van der Waals surface area contributed by atoms with Crippen molar-refractivity contribution >= 4 is 23.0 Å². The van der Waals surface area contributed by atoms with Gasteiger partial charge < -0.3 is 20.3 Å². The molecule has 24 heavy (non-hydrogen) atoms. The third kappa shape index (κ3) is 3.21. The summed E-state index contributed by atoms with van der Waals surface area (Å²) in [5, 5.41) is 13.6. The monoisotopic (exact) mass is 325 g/mol. The van der Waals surface area contributed by atoms with Crippen molar-refractivity contribution in [2.24, 2.45) is 0 Å². The van der Waals surface area contributed by atoms with Crippen molar-refractivity contribution in [1.82, 2.24) is 19.9 Å². The second-order valence-corrected chi connectivity index (χ2v) is 5.76. The average molecular weight is 325 g/mol. The number of aromatic hydroxyl groups is 1. The Morgan fingerprint density at radius 3 is 2.92 bits per heavy atom. The second kappa shape index (κ2) is 6.67. The summed E-state index contributed by atoms with van der Waals surface area (Å²) in [6.45, 7) is 1.63. The summed E-state index contributed by atoms with van der Waals surface area (Å²) in [6.07, 6.45) is 2.43. The number of aromatic nitrogens is 3. The van der Waals surface area contributed by atoms with Crippen LogP contribution in [0.15, 0.2) is 30.5 Å². The minimum atomic E-state index is 0.132. The molecular formula is C17H19N5O2. The van der Waals surface area contributed by atoms with Gasteiger partial charge in [-0.1, -0.05) is 0 Å². The van der Waals surface area contributed by atoms with E-state index in [0.717, 1.165) is 24.8 Å². The molecule has 2 heterocycles. The number of fused-ring (bicyclic) bond motifs is 1.